The summed E-state index contributed by atoms with van der Waals surface area (Å²) in [6.45, 7) is 12.6. The maximum absolute atomic E-state index is 9.47. The molecule has 4 N–H and O–H groups in total. The molecule has 1 atom stereocenters. The number of aryl methyl sites for hydroxylation is 1. The zero-order chi connectivity index (χ0) is 14.6. The van der Waals surface area contributed by atoms with Crippen molar-refractivity contribution in [3.8, 4) is 0 Å². The lowest BCUT2D eigenvalue weighted by atomic mass is 9.80. The molecule has 1 aromatic rings. The fraction of sp³-hybridized carbons (Fsp3) is 0.625. The van der Waals surface area contributed by atoms with Gasteiger partial charge in [0.25, 0.3) is 0 Å². The third kappa shape index (κ3) is 4.03. The lowest BCUT2D eigenvalue weighted by Crippen LogP contribution is -2.39. The third-order valence-corrected chi connectivity index (χ3v) is 4.01. The van der Waals surface area contributed by atoms with Crippen molar-refractivity contribution < 1.29 is 5.11 Å². The van der Waals surface area contributed by atoms with Crippen LogP contribution in [0.1, 0.15) is 36.1 Å². The van der Waals surface area contributed by atoms with Crippen molar-refractivity contribution in [2.45, 2.75) is 46.1 Å². The van der Waals surface area contributed by atoms with Gasteiger partial charge in [0.15, 0.2) is 0 Å². The Morgan fingerprint density at radius 2 is 1.84 bits per heavy atom. The van der Waals surface area contributed by atoms with Gasteiger partial charge in [-0.25, -0.2) is 0 Å². The molecule has 0 aliphatic heterocycles. The fourth-order valence-electron chi connectivity index (χ4n) is 2.42. The first kappa shape index (κ1) is 16.2. The van der Waals surface area contributed by atoms with Crippen molar-refractivity contribution in [2.75, 3.05) is 19.6 Å². The maximum Gasteiger partial charge on any atom is 0.0786 e. The van der Waals surface area contributed by atoms with Gasteiger partial charge in [0.05, 0.1) is 6.10 Å². The van der Waals surface area contributed by atoms with Crippen molar-refractivity contribution in [3.05, 3.63) is 34.4 Å². The molecule has 0 spiro atoms. The van der Waals surface area contributed by atoms with E-state index in [4.69, 9.17) is 5.73 Å². The quantitative estimate of drug-likeness (QED) is 0.734. The van der Waals surface area contributed by atoms with Gasteiger partial charge in [-0.3, -0.25) is 0 Å². The predicted octanol–water partition coefficient (Wildman–Crippen LogP) is 1.80. The highest BCUT2D eigenvalue weighted by Gasteiger charge is 2.23. The number of benzene rings is 1. The van der Waals surface area contributed by atoms with Crippen molar-refractivity contribution >= 4 is 0 Å². The smallest absolute Gasteiger partial charge is 0.0786 e. The van der Waals surface area contributed by atoms with E-state index < -0.39 is 6.10 Å². The van der Waals surface area contributed by atoms with Crippen LogP contribution in [0, 0.1) is 20.8 Å². The minimum Gasteiger partial charge on any atom is -0.390 e. The summed E-state index contributed by atoms with van der Waals surface area (Å²) in [6, 6.07) is 4.41. The molecule has 0 amide bonds. The lowest BCUT2D eigenvalue weighted by molar-refractivity contribution is 0.177. The van der Waals surface area contributed by atoms with Crippen LogP contribution in [0.15, 0.2) is 12.1 Å². The van der Waals surface area contributed by atoms with E-state index in [1.807, 2.05) is 0 Å². The monoisotopic (exact) mass is 264 g/mol. The van der Waals surface area contributed by atoms with E-state index in [-0.39, 0.29) is 5.41 Å². The van der Waals surface area contributed by atoms with Crippen molar-refractivity contribution in [1.82, 2.24) is 5.32 Å². The molecule has 108 valence electrons. The molecule has 3 heteroatoms. The van der Waals surface area contributed by atoms with Crippen LogP contribution in [-0.2, 0) is 5.41 Å². The van der Waals surface area contributed by atoms with Crippen LogP contribution in [0.2, 0.25) is 0 Å². The van der Waals surface area contributed by atoms with E-state index in [9.17, 15) is 5.11 Å². The van der Waals surface area contributed by atoms with Gasteiger partial charge in [-0.15, -0.1) is 0 Å². The first-order chi connectivity index (χ1) is 8.79. The number of nitrogens with two attached hydrogens (primary N) is 1. The molecule has 3 nitrogen and oxygen atoms in total. The summed E-state index contributed by atoms with van der Waals surface area (Å²) in [7, 11) is 0. The number of nitrogens with one attached hydrogen (secondary N) is 1. The molecule has 0 aliphatic rings. The second-order valence-electron chi connectivity index (χ2n) is 6.08. The first-order valence-electron chi connectivity index (χ1n) is 6.95. The van der Waals surface area contributed by atoms with Crippen LogP contribution in [0.25, 0.3) is 0 Å². The molecule has 1 rings (SSSR count). The molecule has 0 aliphatic carbocycles. The topological polar surface area (TPSA) is 58.3 Å². The Balaban J connectivity index is 2.80. The van der Waals surface area contributed by atoms with Gasteiger partial charge in [0, 0.05) is 25.0 Å². The number of aliphatic hydroxyl groups is 1. The van der Waals surface area contributed by atoms with E-state index in [1.54, 1.807) is 0 Å². The molecule has 1 unspecified atom stereocenters. The van der Waals surface area contributed by atoms with Crippen LogP contribution in [0.5, 0.6) is 0 Å². The number of rotatable bonds is 6. The van der Waals surface area contributed by atoms with Gasteiger partial charge in [-0.05, 0) is 43.0 Å². The predicted molar refractivity (Wildman–Crippen MR) is 81.6 cm³/mol. The van der Waals surface area contributed by atoms with Crippen LogP contribution >= 0.6 is 0 Å². The lowest BCUT2D eigenvalue weighted by Gasteiger charge is -2.29. The van der Waals surface area contributed by atoms with Crippen LogP contribution in [0.4, 0.5) is 0 Å². The van der Waals surface area contributed by atoms with Crippen LogP contribution < -0.4 is 11.1 Å². The standard InChI is InChI=1S/C16H28N2O/c1-11-6-7-15(13(3)12(11)2)16(4,5)10-18-9-14(19)8-17/h6-7,14,18-19H,8-10,17H2,1-5H3. The SMILES string of the molecule is Cc1ccc(C(C)(C)CNCC(O)CN)c(C)c1C. The highest BCUT2D eigenvalue weighted by molar-refractivity contribution is 5.42. The van der Waals surface area contributed by atoms with Gasteiger partial charge in [-0.2, -0.15) is 0 Å². The number of hydrogen-bond acceptors (Lipinski definition) is 3. The normalized spacial score (nSPS) is 13.6. The highest BCUT2D eigenvalue weighted by atomic mass is 16.3. The van der Waals surface area contributed by atoms with E-state index in [0.29, 0.717) is 13.1 Å². The third-order valence-electron chi connectivity index (χ3n) is 4.01. The Bertz CT molecular complexity index is 427. The zero-order valence-corrected chi connectivity index (χ0v) is 12.9. The molecule has 1 aromatic carbocycles. The highest BCUT2D eigenvalue weighted by Crippen LogP contribution is 2.28. The van der Waals surface area contributed by atoms with E-state index in [1.165, 1.54) is 22.3 Å². The van der Waals surface area contributed by atoms with Crippen molar-refractivity contribution in [2.24, 2.45) is 5.73 Å². The molecule has 19 heavy (non-hydrogen) atoms. The van der Waals surface area contributed by atoms with E-state index in [2.05, 4.69) is 52.1 Å². The van der Waals surface area contributed by atoms with Crippen LogP contribution in [0.3, 0.4) is 0 Å². The largest absolute Gasteiger partial charge is 0.390 e. The summed E-state index contributed by atoms with van der Waals surface area (Å²) in [6.07, 6.45) is -0.461. The summed E-state index contributed by atoms with van der Waals surface area (Å²) < 4.78 is 0. The number of aliphatic hydroxyl groups excluding tert-OH is 1. The molecule has 0 radical (unpaired) electrons. The Labute approximate surface area is 117 Å². The summed E-state index contributed by atoms with van der Waals surface area (Å²) in [4.78, 5) is 0. The Morgan fingerprint density at radius 1 is 1.21 bits per heavy atom. The minimum absolute atomic E-state index is 0.0386. The zero-order valence-electron chi connectivity index (χ0n) is 12.9. The fourth-order valence-corrected chi connectivity index (χ4v) is 2.42. The molecule has 0 fully saturated rings. The van der Waals surface area contributed by atoms with E-state index in [0.717, 1.165) is 6.54 Å². The average Bonchev–Trinajstić information content (AvgIpc) is 2.35. The molecule has 0 aromatic heterocycles. The molecule has 0 heterocycles. The van der Waals surface area contributed by atoms with Gasteiger partial charge in [-0.1, -0.05) is 26.0 Å². The van der Waals surface area contributed by atoms with Gasteiger partial charge >= 0.3 is 0 Å². The van der Waals surface area contributed by atoms with Crippen molar-refractivity contribution in [3.63, 3.8) is 0 Å². The summed E-state index contributed by atoms with van der Waals surface area (Å²) in [5.74, 6) is 0. The van der Waals surface area contributed by atoms with Gasteiger partial charge in [0.1, 0.15) is 0 Å². The molecule has 0 saturated heterocycles. The molecule has 0 bridgehead atoms. The molecular formula is C16H28N2O. The second-order valence-corrected chi connectivity index (χ2v) is 6.08. The first-order valence-corrected chi connectivity index (χ1v) is 6.95. The summed E-state index contributed by atoms with van der Waals surface area (Å²) in [5, 5.41) is 12.8. The minimum atomic E-state index is -0.461. The van der Waals surface area contributed by atoms with Gasteiger partial charge < -0.3 is 16.2 Å². The van der Waals surface area contributed by atoms with Crippen LogP contribution in [-0.4, -0.2) is 30.8 Å². The number of hydrogen-bond donors (Lipinski definition) is 3. The Hall–Kier alpha value is -0.900. The van der Waals surface area contributed by atoms with Gasteiger partial charge in [0.2, 0.25) is 0 Å². The molecular weight excluding hydrogens is 236 g/mol. The Morgan fingerprint density at radius 3 is 2.42 bits per heavy atom. The summed E-state index contributed by atoms with van der Waals surface area (Å²) in [5.41, 5.74) is 10.9. The second kappa shape index (κ2) is 6.51. The molecule has 0 saturated carbocycles. The Kier molecular flexibility index (Phi) is 5.53. The average molecular weight is 264 g/mol. The van der Waals surface area contributed by atoms with Crippen molar-refractivity contribution in [1.29, 1.82) is 0 Å². The summed E-state index contributed by atoms with van der Waals surface area (Å²) >= 11 is 0. The van der Waals surface area contributed by atoms with E-state index >= 15 is 0 Å². The maximum atomic E-state index is 9.47.